The van der Waals surface area contributed by atoms with Gasteiger partial charge in [0.05, 0.1) is 22.7 Å². The number of hydrogen-bond acceptors (Lipinski definition) is 6. The molecule has 0 spiro atoms. The summed E-state index contributed by atoms with van der Waals surface area (Å²) < 4.78 is 0. The monoisotopic (exact) mass is 328 g/mol. The summed E-state index contributed by atoms with van der Waals surface area (Å²) in [6.45, 7) is 1.13. The molecule has 0 radical (unpaired) electrons. The molecule has 8 nitrogen and oxygen atoms in total. The van der Waals surface area contributed by atoms with E-state index in [1.165, 1.54) is 12.1 Å². The molecule has 0 aliphatic carbocycles. The van der Waals surface area contributed by atoms with Gasteiger partial charge >= 0.3 is 0 Å². The van der Waals surface area contributed by atoms with E-state index in [1.54, 1.807) is 24.3 Å². The molecular formula is C16H20N6O2. The minimum Gasteiger partial charge on any atom is -0.397 e. The maximum absolute atomic E-state index is 11.1. The van der Waals surface area contributed by atoms with Gasteiger partial charge in [-0.3, -0.25) is 9.59 Å². The number of primary amides is 2. The molecule has 0 aromatic heterocycles. The lowest BCUT2D eigenvalue weighted by atomic mass is 10.1. The van der Waals surface area contributed by atoms with E-state index >= 15 is 0 Å². The van der Waals surface area contributed by atoms with Gasteiger partial charge in [-0.15, -0.1) is 0 Å². The second-order valence-corrected chi connectivity index (χ2v) is 5.19. The fraction of sp³-hybridized carbons (Fsp3) is 0.125. The van der Waals surface area contributed by atoms with E-state index in [-0.39, 0.29) is 0 Å². The van der Waals surface area contributed by atoms with Crippen LogP contribution in [0.15, 0.2) is 36.4 Å². The Hall–Kier alpha value is -3.42. The first-order chi connectivity index (χ1) is 11.4. The normalized spacial score (nSPS) is 10.2. The van der Waals surface area contributed by atoms with Crippen LogP contribution in [0.3, 0.4) is 0 Å². The summed E-state index contributed by atoms with van der Waals surface area (Å²) in [7, 11) is 0. The Morgan fingerprint density at radius 2 is 1.12 bits per heavy atom. The van der Waals surface area contributed by atoms with Crippen LogP contribution in [0.2, 0.25) is 0 Å². The molecule has 0 aliphatic rings. The van der Waals surface area contributed by atoms with Gasteiger partial charge in [0.2, 0.25) is 11.8 Å². The highest BCUT2D eigenvalue weighted by atomic mass is 16.1. The lowest BCUT2D eigenvalue weighted by molar-refractivity contribution is 0.0992. The molecule has 0 heterocycles. The lowest BCUT2D eigenvalue weighted by Gasteiger charge is -2.13. The Labute approximate surface area is 139 Å². The van der Waals surface area contributed by atoms with Crippen molar-refractivity contribution in [3.63, 3.8) is 0 Å². The highest BCUT2D eigenvalue weighted by molar-refractivity contribution is 5.95. The van der Waals surface area contributed by atoms with Crippen molar-refractivity contribution in [3.05, 3.63) is 47.5 Å². The maximum atomic E-state index is 11.1. The van der Waals surface area contributed by atoms with E-state index in [2.05, 4.69) is 10.6 Å². The second-order valence-electron chi connectivity index (χ2n) is 5.19. The molecule has 8 heteroatoms. The average Bonchev–Trinajstić information content (AvgIpc) is 2.53. The Bertz CT molecular complexity index is 710. The molecular weight excluding hydrogens is 308 g/mol. The summed E-state index contributed by atoms with van der Waals surface area (Å²) in [6, 6.07) is 9.66. The van der Waals surface area contributed by atoms with Crippen LogP contribution >= 0.6 is 0 Å². The third kappa shape index (κ3) is 4.07. The third-order valence-corrected chi connectivity index (χ3v) is 3.43. The largest absolute Gasteiger partial charge is 0.397 e. The Kier molecular flexibility index (Phi) is 5.10. The SMILES string of the molecule is NC(=O)c1ccc(NCCNc2ccc(C(N)=O)cc2N)c(N)c1. The molecule has 2 aromatic carbocycles. The number of carbonyl (C=O) groups is 2. The first-order valence-electron chi connectivity index (χ1n) is 7.25. The fourth-order valence-electron chi connectivity index (χ4n) is 2.15. The van der Waals surface area contributed by atoms with Gasteiger partial charge in [0.25, 0.3) is 0 Å². The van der Waals surface area contributed by atoms with Crippen LogP contribution in [0.1, 0.15) is 20.7 Å². The van der Waals surface area contributed by atoms with Crippen molar-refractivity contribution in [2.24, 2.45) is 11.5 Å². The van der Waals surface area contributed by atoms with Gasteiger partial charge in [-0.25, -0.2) is 0 Å². The minimum atomic E-state index is -0.523. The van der Waals surface area contributed by atoms with Crippen molar-refractivity contribution in [1.29, 1.82) is 0 Å². The zero-order valence-corrected chi connectivity index (χ0v) is 13.0. The number of nitrogens with two attached hydrogens (primary N) is 4. The maximum Gasteiger partial charge on any atom is 0.248 e. The molecule has 24 heavy (non-hydrogen) atoms. The average molecular weight is 328 g/mol. The van der Waals surface area contributed by atoms with Gasteiger partial charge in [-0.2, -0.15) is 0 Å². The second kappa shape index (κ2) is 7.23. The van der Waals surface area contributed by atoms with Crippen LogP contribution in [0, 0.1) is 0 Å². The lowest BCUT2D eigenvalue weighted by Crippen LogP contribution is -2.16. The van der Waals surface area contributed by atoms with E-state index in [9.17, 15) is 9.59 Å². The highest BCUT2D eigenvalue weighted by Gasteiger charge is 2.06. The number of anilines is 4. The number of nitrogen functional groups attached to an aromatic ring is 2. The van der Waals surface area contributed by atoms with E-state index in [1.807, 2.05) is 0 Å². The van der Waals surface area contributed by atoms with Crippen LogP contribution in [-0.2, 0) is 0 Å². The third-order valence-electron chi connectivity index (χ3n) is 3.43. The summed E-state index contributed by atoms with van der Waals surface area (Å²) in [5.41, 5.74) is 25.1. The van der Waals surface area contributed by atoms with Crippen molar-refractivity contribution in [2.45, 2.75) is 0 Å². The van der Waals surface area contributed by atoms with Gasteiger partial charge in [0.1, 0.15) is 0 Å². The zero-order chi connectivity index (χ0) is 17.7. The highest BCUT2D eigenvalue weighted by Crippen LogP contribution is 2.21. The quantitative estimate of drug-likeness (QED) is 0.321. The standard InChI is InChI=1S/C16H20N6O2/c17-11-7-9(15(19)23)1-3-13(11)21-5-6-22-14-4-2-10(16(20)24)8-12(14)18/h1-4,7-8,21-22H,5-6,17-18H2,(H2,19,23)(H2,20,24). The van der Waals surface area contributed by atoms with Crippen molar-refractivity contribution in [1.82, 2.24) is 0 Å². The molecule has 2 aromatic rings. The number of rotatable bonds is 7. The van der Waals surface area contributed by atoms with Crippen LogP contribution in [0.25, 0.3) is 0 Å². The number of amides is 2. The van der Waals surface area contributed by atoms with E-state index < -0.39 is 11.8 Å². The molecule has 0 saturated carbocycles. The van der Waals surface area contributed by atoms with Crippen LogP contribution < -0.4 is 33.6 Å². The van der Waals surface area contributed by atoms with Crippen molar-refractivity contribution >= 4 is 34.6 Å². The topological polar surface area (TPSA) is 162 Å². The molecule has 0 unspecified atom stereocenters. The summed E-state index contributed by atoms with van der Waals surface area (Å²) in [5.74, 6) is -1.05. The molecule has 2 rings (SSSR count). The first kappa shape index (κ1) is 16.9. The van der Waals surface area contributed by atoms with Crippen molar-refractivity contribution < 1.29 is 9.59 Å². The molecule has 126 valence electrons. The Morgan fingerprint density at radius 1 is 0.750 bits per heavy atom. The van der Waals surface area contributed by atoms with E-state index in [4.69, 9.17) is 22.9 Å². The smallest absolute Gasteiger partial charge is 0.248 e. The van der Waals surface area contributed by atoms with Crippen LogP contribution in [-0.4, -0.2) is 24.9 Å². The predicted molar refractivity (Wildman–Crippen MR) is 95.7 cm³/mol. The summed E-state index contributed by atoms with van der Waals surface area (Å²) in [5, 5.41) is 6.29. The van der Waals surface area contributed by atoms with Gasteiger partial charge < -0.3 is 33.6 Å². The van der Waals surface area contributed by atoms with E-state index in [0.29, 0.717) is 47.0 Å². The van der Waals surface area contributed by atoms with Crippen molar-refractivity contribution in [3.8, 4) is 0 Å². The van der Waals surface area contributed by atoms with Gasteiger partial charge in [-0.1, -0.05) is 0 Å². The molecule has 0 aliphatic heterocycles. The first-order valence-corrected chi connectivity index (χ1v) is 7.25. The van der Waals surface area contributed by atoms with Crippen LogP contribution in [0.4, 0.5) is 22.7 Å². The Morgan fingerprint density at radius 3 is 1.42 bits per heavy atom. The molecule has 0 fully saturated rings. The van der Waals surface area contributed by atoms with Crippen molar-refractivity contribution in [2.75, 3.05) is 35.2 Å². The number of carbonyl (C=O) groups excluding carboxylic acids is 2. The van der Waals surface area contributed by atoms with Gasteiger partial charge in [0.15, 0.2) is 0 Å². The molecule has 0 saturated heterocycles. The molecule has 0 atom stereocenters. The van der Waals surface area contributed by atoms with E-state index in [0.717, 1.165) is 0 Å². The summed E-state index contributed by atoms with van der Waals surface area (Å²) >= 11 is 0. The zero-order valence-electron chi connectivity index (χ0n) is 13.0. The number of benzene rings is 2. The van der Waals surface area contributed by atoms with Gasteiger partial charge in [0, 0.05) is 24.2 Å². The molecule has 0 bridgehead atoms. The molecule has 2 amide bonds. The fourth-order valence-corrected chi connectivity index (χ4v) is 2.15. The minimum absolute atomic E-state index is 0.360. The number of hydrogen-bond donors (Lipinski definition) is 6. The molecule has 10 N–H and O–H groups in total. The van der Waals surface area contributed by atoms with Crippen LogP contribution in [0.5, 0.6) is 0 Å². The Balaban J connectivity index is 1.89. The predicted octanol–water partition coefficient (Wildman–Crippen LogP) is 0.573. The summed E-state index contributed by atoms with van der Waals surface area (Å²) in [6.07, 6.45) is 0. The van der Waals surface area contributed by atoms with Gasteiger partial charge in [-0.05, 0) is 36.4 Å². The summed E-state index contributed by atoms with van der Waals surface area (Å²) in [4.78, 5) is 22.2. The number of nitrogens with one attached hydrogen (secondary N) is 2.